The lowest BCUT2D eigenvalue weighted by Crippen LogP contribution is -2.22. The Hall–Kier alpha value is -2.23. The number of nitrogens with two attached hydrogens (primary N) is 1. The molecule has 0 fully saturated rings. The quantitative estimate of drug-likeness (QED) is 0.809. The third-order valence-electron chi connectivity index (χ3n) is 2.85. The number of amides is 1. The number of hydrogen-bond acceptors (Lipinski definition) is 3. The molecular formula is C15H18N2O2. The number of nitrogens with one attached hydrogen (secondary N) is 1. The molecule has 19 heavy (non-hydrogen) atoms. The fraction of sp³-hybridized carbons (Fsp3) is 0.267. The van der Waals surface area contributed by atoms with Gasteiger partial charge in [0.25, 0.3) is 0 Å². The van der Waals surface area contributed by atoms with Crippen molar-refractivity contribution in [1.82, 2.24) is 5.32 Å². The Morgan fingerprint density at radius 3 is 2.84 bits per heavy atom. The second kappa shape index (κ2) is 6.09. The minimum atomic E-state index is 0.0106. The largest absolute Gasteiger partial charge is 0.465 e. The van der Waals surface area contributed by atoms with Crippen LogP contribution in [0.1, 0.15) is 23.5 Å². The zero-order chi connectivity index (χ0) is 13.7. The molecule has 0 bridgehead atoms. The minimum absolute atomic E-state index is 0.0106. The van der Waals surface area contributed by atoms with E-state index in [9.17, 15) is 4.79 Å². The third-order valence-corrected chi connectivity index (χ3v) is 2.85. The highest BCUT2D eigenvalue weighted by Gasteiger charge is 2.04. The molecule has 2 aromatic rings. The summed E-state index contributed by atoms with van der Waals surface area (Å²) in [7, 11) is 0. The first-order valence-corrected chi connectivity index (χ1v) is 6.30. The smallest absolute Gasteiger partial charge is 0.220 e. The van der Waals surface area contributed by atoms with Crippen LogP contribution in [0.2, 0.25) is 0 Å². The number of aryl methyl sites for hydroxylation is 2. The van der Waals surface area contributed by atoms with Crippen molar-refractivity contribution in [2.75, 3.05) is 5.73 Å². The topological polar surface area (TPSA) is 68.3 Å². The highest BCUT2D eigenvalue weighted by atomic mass is 16.3. The van der Waals surface area contributed by atoms with Crippen LogP contribution in [0.3, 0.4) is 0 Å². The van der Waals surface area contributed by atoms with Crippen molar-refractivity contribution in [2.45, 2.75) is 26.3 Å². The van der Waals surface area contributed by atoms with Crippen LogP contribution < -0.4 is 11.1 Å². The number of carbonyl (C=O) groups excluding carboxylic acids is 1. The number of anilines is 1. The first kappa shape index (κ1) is 13.2. The normalized spacial score (nSPS) is 10.4. The maximum atomic E-state index is 11.7. The van der Waals surface area contributed by atoms with E-state index < -0.39 is 0 Å². The molecule has 0 aliphatic heterocycles. The number of carbonyl (C=O) groups is 1. The van der Waals surface area contributed by atoms with E-state index in [1.165, 1.54) is 0 Å². The summed E-state index contributed by atoms with van der Waals surface area (Å²) in [4.78, 5) is 11.7. The van der Waals surface area contributed by atoms with Crippen LogP contribution in [0.15, 0.2) is 40.8 Å². The van der Waals surface area contributed by atoms with Crippen LogP contribution in [0, 0.1) is 6.92 Å². The van der Waals surface area contributed by atoms with Gasteiger partial charge < -0.3 is 15.5 Å². The van der Waals surface area contributed by atoms with E-state index in [4.69, 9.17) is 10.2 Å². The maximum absolute atomic E-state index is 11.7. The van der Waals surface area contributed by atoms with Gasteiger partial charge in [-0.1, -0.05) is 12.1 Å². The predicted molar refractivity (Wildman–Crippen MR) is 74.5 cm³/mol. The Kier molecular flexibility index (Phi) is 4.23. The van der Waals surface area contributed by atoms with E-state index in [1.807, 2.05) is 43.3 Å². The lowest BCUT2D eigenvalue weighted by atomic mass is 10.1. The molecule has 0 atom stereocenters. The van der Waals surface area contributed by atoms with Crippen LogP contribution in [0.5, 0.6) is 0 Å². The van der Waals surface area contributed by atoms with Crippen molar-refractivity contribution in [3.63, 3.8) is 0 Å². The first-order valence-electron chi connectivity index (χ1n) is 6.30. The van der Waals surface area contributed by atoms with Gasteiger partial charge in [0.05, 0.1) is 6.54 Å². The van der Waals surface area contributed by atoms with Gasteiger partial charge in [-0.2, -0.15) is 0 Å². The summed E-state index contributed by atoms with van der Waals surface area (Å²) < 4.78 is 5.38. The van der Waals surface area contributed by atoms with E-state index in [2.05, 4.69) is 5.32 Å². The molecule has 0 aliphatic rings. The maximum Gasteiger partial charge on any atom is 0.220 e. The van der Waals surface area contributed by atoms with Crippen LogP contribution in [0.4, 0.5) is 5.69 Å². The molecule has 4 nitrogen and oxygen atoms in total. The number of rotatable bonds is 5. The molecule has 3 N–H and O–H groups in total. The molecule has 100 valence electrons. The van der Waals surface area contributed by atoms with E-state index in [0.29, 0.717) is 19.4 Å². The summed E-state index contributed by atoms with van der Waals surface area (Å²) >= 11 is 0. The van der Waals surface area contributed by atoms with Gasteiger partial charge in [-0.3, -0.25) is 4.79 Å². The lowest BCUT2D eigenvalue weighted by Gasteiger charge is -2.04. The fourth-order valence-electron chi connectivity index (χ4n) is 1.86. The molecular weight excluding hydrogens is 240 g/mol. The monoisotopic (exact) mass is 258 g/mol. The highest BCUT2D eigenvalue weighted by Crippen LogP contribution is 2.09. The number of furan rings is 1. The van der Waals surface area contributed by atoms with E-state index in [1.54, 1.807) is 0 Å². The summed E-state index contributed by atoms with van der Waals surface area (Å²) in [5.74, 6) is 1.63. The second-order valence-corrected chi connectivity index (χ2v) is 4.53. The average Bonchev–Trinajstić information content (AvgIpc) is 2.80. The molecule has 0 saturated carbocycles. The van der Waals surface area contributed by atoms with Gasteiger partial charge in [-0.15, -0.1) is 0 Å². The first-order chi connectivity index (χ1) is 9.13. The van der Waals surface area contributed by atoms with E-state index >= 15 is 0 Å². The molecule has 2 rings (SSSR count). The zero-order valence-electron chi connectivity index (χ0n) is 11.0. The molecule has 1 amide bonds. The van der Waals surface area contributed by atoms with Crippen molar-refractivity contribution in [3.05, 3.63) is 53.5 Å². The van der Waals surface area contributed by atoms with Crippen molar-refractivity contribution >= 4 is 11.6 Å². The van der Waals surface area contributed by atoms with Gasteiger partial charge in [0, 0.05) is 12.1 Å². The van der Waals surface area contributed by atoms with Crippen LogP contribution in [-0.4, -0.2) is 5.91 Å². The zero-order valence-corrected chi connectivity index (χ0v) is 11.0. The summed E-state index contributed by atoms with van der Waals surface area (Å²) in [6.07, 6.45) is 1.14. The SMILES string of the molecule is Cc1ccc(CNC(=O)CCc2cccc(N)c2)o1. The molecule has 0 spiro atoms. The van der Waals surface area contributed by atoms with Crippen LogP contribution >= 0.6 is 0 Å². The van der Waals surface area contributed by atoms with E-state index in [-0.39, 0.29) is 5.91 Å². The van der Waals surface area contributed by atoms with Crippen molar-refractivity contribution in [1.29, 1.82) is 0 Å². The van der Waals surface area contributed by atoms with Crippen LogP contribution in [0.25, 0.3) is 0 Å². The van der Waals surface area contributed by atoms with Gasteiger partial charge in [0.1, 0.15) is 11.5 Å². The van der Waals surface area contributed by atoms with Gasteiger partial charge in [0.15, 0.2) is 0 Å². The van der Waals surface area contributed by atoms with Crippen molar-refractivity contribution in [2.24, 2.45) is 0 Å². The molecule has 1 heterocycles. The van der Waals surface area contributed by atoms with E-state index in [0.717, 1.165) is 22.8 Å². The Labute approximate surface area is 112 Å². The summed E-state index contributed by atoms with van der Waals surface area (Å²) in [6, 6.07) is 11.3. The molecule has 4 heteroatoms. The Morgan fingerprint density at radius 1 is 1.32 bits per heavy atom. The predicted octanol–water partition coefficient (Wildman–Crippen LogP) is 2.42. The summed E-state index contributed by atoms with van der Waals surface area (Å²) in [5, 5.41) is 2.83. The summed E-state index contributed by atoms with van der Waals surface area (Å²) in [6.45, 7) is 2.31. The fourth-order valence-corrected chi connectivity index (χ4v) is 1.86. The summed E-state index contributed by atoms with van der Waals surface area (Å²) in [5.41, 5.74) is 7.49. The number of benzene rings is 1. The van der Waals surface area contributed by atoms with Gasteiger partial charge >= 0.3 is 0 Å². The highest BCUT2D eigenvalue weighted by molar-refractivity contribution is 5.76. The third kappa shape index (κ3) is 4.17. The van der Waals surface area contributed by atoms with Crippen molar-refractivity contribution < 1.29 is 9.21 Å². The standard InChI is InChI=1S/C15H18N2O2/c1-11-5-7-14(19-11)10-17-15(18)8-6-12-3-2-4-13(16)9-12/h2-5,7,9H,6,8,10,16H2,1H3,(H,17,18). The van der Waals surface area contributed by atoms with Gasteiger partial charge in [-0.05, 0) is 43.2 Å². The molecule has 0 aliphatic carbocycles. The Balaban J connectivity index is 1.75. The molecule has 0 radical (unpaired) electrons. The number of nitrogen functional groups attached to an aromatic ring is 1. The number of hydrogen-bond donors (Lipinski definition) is 2. The second-order valence-electron chi connectivity index (χ2n) is 4.53. The Morgan fingerprint density at radius 2 is 2.16 bits per heavy atom. The Bertz CT molecular complexity index is 561. The molecule has 0 saturated heterocycles. The molecule has 1 aromatic heterocycles. The average molecular weight is 258 g/mol. The van der Waals surface area contributed by atoms with Gasteiger partial charge in [-0.25, -0.2) is 0 Å². The minimum Gasteiger partial charge on any atom is -0.465 e. The van der Waals surface area contributed by atoms with Crippen molar-refractivity contribution in [3.8, 4) is 0 Å². The van der Waals surface area contributed by atoms with Crippen LogP contribution in [-0.2, 0) is 17.8 Å². The molecule has 0 unspecified atom stereocenters. The molecule has 1 aromatic carbocycles. The lowest BCUT2D eigenvalue weighted by molar-refractivity contribution is -0.121. The van der Waals surface area contributed by atoms with Gasteiger partial charge in [0.2, 0.25) is 5.91 Å².